The Morgan fingerprint density at radius 2 is 2.00 bits per heavy atom. The molecular formula is C14H21N3O3. The third-order valence-electron chi connectivity index (χ3n) is 2.69. The summed E-state index contributed by atoms with van der Waals surface area (Å²) in [5.74, 6) is 0.200. The van der Waals surface area contributed by atoms with Crippen LogP contribution >= 0.6 is 0 Å². The van der Waals surface area contributed by atoms with Gasteiger partial charge < -0.3 is 21.1 Å². The number of ether oxygens (including phenoxy) is 1. The molecule has 4 N–H and O–H groups in total. The molecule has 0 aliphatic heterocycles. The fraction of sp³-hybridized carbons (Fsp3) is 0.429. The molecule has 0 bridgehead atoms. The van der Waals surface area contributed by atoms with Crippen LogP contribution in [0.25, 0.3) is 0 Å². The van der Waals surface area contributed by atoms with E-state index in [0.29, 0.717) is 24.4 Å². The normalized spacial score (nSPS) is 10.1. The van der Waals surface area contributed by atoms with Crippen molar-refractivity contribution in [2.75, 3.05) is 25.5 Å². The minimum absolute atomic E-state index is 0.135. The molecule has 0 fully saturated rings. The van der Waals surface area contributed by atoms with Crippen molar-refractivity contribution in [2.45, 2.75) is 19.3 Å². The largest absolute Gasteiger partial charge is 0.495 e. The van der Waals surface area contributed by atoms with Crippen LogP contribution in [0.2, 0.25) is 0 Å². The van der Waals surface area contributed by atoms with E-state index in [1.807, 2.05) is 12.1 Å². The fourth-order valence-electron chi connectivity index (χ4n) is 1.69. The summed E-state index contributed by atoms with van der Waals surface area (Å²) < 4.78 is 5.15. The summed E-state index contributed by atoms with van der Waals surface area (Å²) in [7, 11) is 1.56. The number of anilines is 1. The van der Waals surface area contributed by atoms with Gasteiger partial charge in [-0.1, -0.05) is 12.1 Å². The standard InChI is InChI=1S/C14H21N3O3/c1-20-12-7-3-2-6-11(12)17-14(19)10-16-9-5-4-8-13(15)18/h2-3,6-7,16H,4-5,8-10H2,1H3,(H2,15,18)(H,17,19). The molecule has 0 atom stereocenters. The first-order valence-corrected chi connectivity index (χ1v) is 6.55. The van der Waals surface area contributed by atoms with Crippen molar-refractivity contribution in [3.05, 3.63) is 24.3 Å². The molecule has 6 nitrogen and oxygen atoms in total. The predicted molar refractivity (Wildman–Crippen MR) is 77.5 cm³/mol. The summed E-state index contributed by atoms with van der Waals surface area (Å²) in [6.45, 7) is 0.890. The van der Waals surface area contributed by atoms with E-state index in [4.69, 9.17) is 10.5 Å². The van der Waals surface area contributed by atoms with Crippen LogP contribution < -0.4 is 21.1 Å². The minimum atomic E-state index is -0.293. The van der Waals surface area contributed by atoms with Crippen molar-refractivity contribution in [1.29, 1.82) is 0 Å². The Morgan fingerprint density at radius 3 is 2.70 bits per heavy atom. The number of primary amides is 1. The van der Waals surface area contributed by atoms with Gasteiger partial charge in [-0.25, -0.2) is 0 Å². The zero-order valence-electron chi connectivity index (χ0n) is 11.6. The van der Waals surface area contributed by atoms with Gasteiger partial charge >= 0.3 is 0 Å². The number of hydrogen-bond donors (Lipinski definition) is 3. The number of nitrogens with one attached hydrogen (secondary N) is 2. The fourth-order valence-corrected chi connectivity index (χ4v) is 1.69. The maximum atomic E-state index is 11.7. The Labute approximate surface area is 118 Å². The number of methoxy groups -OCH3 is 1. The zero-order valence-corrected chi connectivity index (χ0v) is 11.6. The van der Waals surface area contributed by atoms with Crippen LogP contribution in [0, 0.1) is 0 Å². The molecule has 0 unspecified atom stereocenters. The number of rotatable bonds is 9. The molecule has 20 heavy (non-hydrogen) atoms. The van der Waals surface area contributed by atoms with Crippen molar-refractivity contribution in [3.8, 4) is 5.75 Å². The van der Waals surface area contributed by atoms with Crippen LogP contribution in [0.1, 0.15) is 19.3 Å². The molecule has 0 radical (unpaired) electrons. The van der Waals surface area contributed by atoms with E-state index in [0.717, 1.165) is 12.8 Å². The summed E-state index contributed by atoms with van der Waals surface area (Å²) in [5.41, 5.74) is 5.68. The van der Waals surface area contributed by atoms with Gasteiger partial charge in [-0.2, -0.15) is 0 Å². The van der Waals surface area contributed by atoms with E-state index >= 15 is 0 Å². The van der Waals surface area contributed by atoms with E-state index in [2.05, 4.69) is 10.6 Å². The van der Waals surface area contributed by atoms with Gasteiger partial charge in [0.15, 0.2) is 0 Å². The number of nitrogens with two attached hydrogens (primary N) is 1. The second kappa shape index (κ2) is 8.92. The topological polar surface area (TPSA) is 93.4 Å². The molecule has 1 rings (SSSR count). The van der Waals surface area contributed by atoms with Crippen LogP contribution in [0.15, 0.2) is 24.3 Å². The molecule has 0 saturated heterocycles. The number of unbranched alkanes of at least 4 members (excludes halogenated alkanes) is 1. The lowest BCUT2D eigenvalue weighted by Crippen LogP contribution is -2.29. The monoisotopic (exact) mass is 279 g/mol. The summed E-state index contributed by atoms with van der Waals surface area (Å²) in [6, 6.07) is 7.23. The van der Waals surface area contributed by atoms with Gasteiger partial charge in [0.05, 0.1) is 19.3 Å². The molecule has 0 spiro atoms. The van der Waals surface area contributed by atoms with Crippen molar-refractivity contribution in [3.63, 3.8) is 0 Å². The number of carbonyl (C=O) groups is 2. The minimum Gasteiger partial charge on any atom is -0.495 e. The smallest absolute Gasteiger partial charge is 0.238 e. The Bertz CT molecular complexity index is 449. The van der Waals surface area contributed by atoms with E-state index < -0.39 is 0 Å². The van der Waals surface area contributed by atoms with Crippen LogP contribution in [-0.2, 0) is 9.59 Å². The van der Waals surface area contributed by atoms with E-state index in [1.54, 1.807) is 19.2 Å². The highest BCUT2D eigenvalue weighted by molar-refractivity contribution is 5.93. The Morgan fingerprint density at radius 1 is 1.25 bits per heavy atom. The van der Waals surface area contributed by atoms with Crippen LogP contribution in [0.5, 0.6) is 5.75 Å². The lowest BCUT2D eigenvalue weighted by molar-refractivity contribution is -0.118. The van der Waals surface area contributed by atoms with Gasteiger partial charge in [0.25, 0.3) is 0 Å². The predicted octanol–water partition coefficient (Wildman–Crippen LogP) is 0.879. The quantitative estimate of drug-likeness (QED) is 0.585. The molecule has 0 saturated carbocycles. The first kappa shape index (κ1) is 16.0. The number of carbonyl (C=O) groups excluding carboxylic acids is 2. The highest BCUT2D eigenvalue weighted by Crippen LogP contribution is 2.22. The van der Waals surface area contributed by atoms with Gasteiger partial charge in [-0.3, -0.25) is 9.59 Å². The third-order valence-corrected chi connectivity index (χ3v) is 2.69. The highest BCUT2D eigenvalue weighted by atomic mass is 16.5. The number of hydrogen-bond acceptors (Lipinski definition) is 4. The van der Waals surface area contributed by atoms with Gasteiger partial charge in [0, 0.05) is 6.42 Å². The molecular weight excluding hydrogens is 258 g/mol. The molecule has 0 aliphatic carbocycles. The maximum Gasteiger partial charge on any atom is 0.238 e. The number of benzene rings is 1. The van der Waals surface area contributed by atoms with Crippen LogP contribution in [0.4, 0.5) is 5.69 Å². The van der Waals surface area contributed by atoms with Crippen molar-refractivity contribution in [2.24, 2.45) is 5.73 Å². The molecule has 1 aromatic rings. The molecule has 0 heterocycles. The van der Waals surface area contributed by atoms with Crippen LogP contribution in [0.3, 0.4) is 0 Å². The van der Waals surface area contributed by atoms with Crippen LogP contribution in [-0.4, -0.2) is 32.0 Å². The van der Waals surface area contributed by atoms with Gasteiger partial charge in [-0.15, -0.1) is 0 Å². The summed E-state index contributed by atoms with van der Waals surface area (Å²) in [6.07, 6.45) is 1.93. The van der Waals surface area contributed by atoms with Gasteiger partial charge in [0.2, 0.25) is 11.8 Å². The van der Waals surface area contributed by atoms with Crippen molar-refractivity contribution < 1.29 is 14.3 Å². The lowest BCUT2D eigenvalue weighted by atomic mass is 10.2. The average Bonchev–Trinajstić information content (AvgIpc) is 2.43. The Kier molecular flexibility index (Phi) is 7.13. The Hall–Kier alpha value is -2.08. The van der Waals surface area contributed by atoms with Crippen molar-refractivity contribution >= 4 is 17.5 Å². The Balaban J connectivity index is 2.22. The maximum absolute atomic E-state index is 11.7. The molecule has 1 aromatic carbocycles. The van der Waals surface area contributed by atoms with E-state index in [1.165, 1.54) is 0 Å². The van der Waals surface area contributed by atoms with Crippen molar-refractivity contribution in [1.82, 2.24) is 5.32 Å². The second-order valence-electron chi connectivity index (χ2n) is 4.35. The first-order valence-electron chi connectivity index (χ1n) is 6.55. The highest BCUT2D eigenvalue weighted by Gasteiger charge is 2.06. The van der Waals surface area contributed by atoms with Gasteiger partial charge in [0.1, 0.15) is 5.75 Å². The number of amides is 2. The SMILES string of the molecule is COc1ccccc1NC(=O)CNCCCCC(N)=O. The average molecular weight is 279 g/mol. The number of para-hydroxylation sites is 2. The molecule has 6 heteroatoms. The van der Waals surface area contributed by atoms with E-state index in [9.17, 15) is 9.59 Å². The summed E-state index contributed by atoms with van der Waals surface area (Å²) >= 11 is 0. The zero-order chi connectivity index (χ0) is 14.8. The lowest BCUT2D eigenvalue weighted by Gasteiger charge is -2.10. The van der Waals surface area contributed by atoms with E-state index in [-0.39, 0.29) is 18.4 Å². The summed E-state index contributed by atoms with van der Waals surface area (Å²) in [4.78, 5) is 22.2. The third kappa shape index (κ3) is 6.19. The van der Waals surface area contributed by atoms with Gasteiger partial charge in [-0.05, 0) is 31.5 Å². The molecule has 0 aliphatic rings. The summed E-state index contributed by atoms with van der Waals surface area (Å²) in [5, 5.41) is 5.78. The molecule has 2 amide bonds. The molecule has 110 valence electrons. The first-order chi connectivity index (χ1) is 9.63. The molecule has 0 aromatic heterocycles. The second-order valence-corrected chi connectivity index (χ2v) is 4.35.